The van der Waals surface area contributed by atoms with Crippen LogP contribution in [0.25, 0.3) is 0 Å². The molecule has 0 atom stereocenters. The number of nitrogens with one attached hydrogen (secondary N) is 1. The molecule has 1 rings (SSSR count). The van der Waals surface area contributed by atoms with Gasteiger partial charge in [-0.15, -0.1) is 0 Å². The molecule has 1 aliphatic heterocycles. The van der Waals surface area contributed by atoms with Gasteiger partial charge >= 0.3 is 0 Å². The molecule has 3 nitrogen and oxygen atoms in total. The number of alkyl halides is 2. The van der Waals surface area contributed by atoms with Gasteiger partial charge in [0.1, 0.15) is 0 Å². The van der Waals surface area contributed by atoms with Crippen LogP contribution in [0.2, 0.25) is 0 Å². The topological polar surface area (TPSA) is 41.3 Å². The van der Waals surface area contributed by atoms with Gasteiger partial charge in [0.15, 0.2) is 0 Å². The Morgan fingerprint density at radius 1 is 1.60 bits per heavy atom. The molecular formula is C10H19F2N3. The van der Waals surface area contributed by atoms with Crippen molar-refractivity contribution in [1.82, 2.24) is 10.3 Å². The minimum absolute atomic E-state index is 0.0191. The molecule has 0 aromatic carbocycles. The highest BCUT2D eigenvalue weighted by Gasteiger charge is 2.41. The zero-order chi connectivity index (χ0) is 11.5. The highest BCUT2D eigenvalue weighted by molar-refractivity contribution is 5.22. The summed E-state index contributed by atoms with van der Waals surface area (Å²) >= 11 is 0. The molecule has 0 unspecified atom stereocenters. The second kappa shape index (κ2) is 4.90. The van der Waals surface area contributed by atoms with Crippen LogP contribution in [-0.2, 0) is 0 Å². The molecule has 0 amide bonds. The van der Waals surface area contributed by atoms with Gasteiger partial charge in [0, 0.05) is 19.5 Å². The molecule has 0 saturated carbocycles. The van der Waals surface area contributed by atoms with E-state index in [0.717, 1.165) is 0 Å². The number of nitrogens with two attached hydrogens (primary N) is 1. The largest absolute Gasteiger partial charge is 0.316 e. The fraction of sp³-hybridized carbons (Fsp3) is 0.800. The first kappa shape index (κ1) is 12.4. The average Bonchev–Trinajstić information content (AvgIpc) is 2.15. The van der Waals surface area contributed by atoms with Crippen LogP contribution in [0, 0.1) is 0 Å². The predicted octanol–water partition coefficient (Wildman–Crippen LogP) is 1.47. The summed E-state index contributed by atoms with van der Waals surface area (Å²) in [4.78, 5) is 0. The Hall–Kier alpha value is -0.680. The molecule has 88 valence electrons. The molecule has 5 heteroatoms. The molecular weight excluding hydrogens is 200 g/mol. The molecule has 1 saturated heterocycles. The number of likely N-dealkylation sites (N-methyl/N-ethyl adjacent to an activating group) is 1. The molecule has 0 bridgehead atoms. The number of hydrazine groups is 1. The summed E-state index contributed by atoms with van der Waals surface area (Å²) in [5.74, 6) is 2.86. The van der Waals surface area contributed by atoms with E-state index >= 15 is 0 Å². The summed E-state index contributed by atoms with van der Waals surface area (Å²) in [5, 5.41) is 4.11. The minimum Gasteiger partial charge on any atom is -0.316 e. The zero-order valence-electron chi connectivity index (χ0n) is 9.32. The van der Waals surface area contributed by atoms with Crippen LogP contribution < -0.4 is 11.2 Å². The third kappa shape index (κ3) is 2.66. The van der Waals surface area contributed by atoms with Crippen molar-refractivity contribution < 1.29 is 8.78 Å². The third-order valence-corrected chi connectivity index (χ3v) is 2.68. The summed E-state index contributed by atoms with van der Waals surface area (Å²) in [5.41, 5.74) is 0.718. The van der Waals surface area contributed by atoms with E-state index in [1.165, 1.54) is 5.01 Å². The normalized spacial score (nSPS) is 24.2. The van der Waals surface area contributed by atoms with E-state index in [-0.39, 0.29) is 12.1 Å². The fourth-order valence-corrected chi connectivity index (χ4v) is 1.96. The van der Waals surface area contributed by atoms with Crippen LogP contribution >= 0.6 is 0 Å². The SMILES string of the molecule is CC/C(CNC)=C1/N(N)CCCC1(F)F. The molecule has 0 radical (unpaired) electrons. The van der Waals surface area contributed by atoms with Crippen LogP contribution in [0.4, 0.5) is 8.78 Å². The molecule has 0 aromatic heterocycles. The molecule has 0 aromatic rings. The Kier molecular flexibility index (Phi) is 4.04. The summed E-state index contributed by atoms with van der Waals surface area (Å²) in [6.07, 6.45) is 0.951. The van der Waals surface area contributed by atoms with Gasteiger partial charge in [-0.2, -0.15) is 8.78 Å². The summed E-state index contributed by atoms with van der Waals surface area (Å²) in [6, 6.07) is 0. The molecule has 15 heavy (non-hydrogen) atoms. The lowest BCUT2D eigenvalue weighted by molar-refractivity contribution is -0.0231. The summed E-state index contributed by atoms with van der Waals surface area (Å²) < 4.78 is 27.3. The molecule has 1 heterocycles. The van der Waals surface area contributed by atoms with Crippen molar-refractivity contribution in [3.8, 4) is 0 Å². The number of nitrogens with zero attached hydrogens (tertiary/aromatic N) is 1. The highest BCUT2D eigenvalue weighted by atomic mass is 19.3. The molecule has 0 spiro atoms. The standard InChI is InChI=1S/C10H19F2N3/c1-3-8(7-14-2)9-10(11,12)5-4-6-15(9)13/h14H,3-7,13H2,1-2H3/b9-8-. The van der Waals surface area contributed by atoms with Gasteiger partial charge < -0.3 is 10.3 Å². The number of allylic oxidation sites excluding steroid dienone is 1. The maximum absolute atomic E-state index is 13.7. The number of piperidine rings is 1. The molecule has 1 aliphatic rings. The molecule has 1 fully saturated rings. The first-order valence-corrected chi connectivity index (χ1v) is 5.30. The Balaban J connectivity index is 3.02. The van der Waals surface area contributed by atoms with Crippen molar-refractivity contribution in [2.75, 3.05) is 20.1 Å². The van der Waals surface area contributed by atoms with E-state index in [0.29, 0.717) is 31.5 Å². The number of rotatable bonds is 3. The number of halogens is 2. The van der Waals surface area contributed by atoms with Gasteiger partial charge in [-0.25, -0.2) is 5.84 Å². The lowest BCUT2D eigenvalue weighted by Crippen LogP contribution is -2.45. The van der Waals surface area contributed by atoms with Gasteiger partial charge in [-0.05, 0) is 25.5 Å². The Labute approximate surface area is 89.3 Å². The number of hydrogen-bond acceptors (Lipinski definition) is 3. The van der Waals surface area contributed by atoms with Gasteiger partial charge in [0.25, 0.3) is 5.92 Å². The first-order valence-electron chi connectivity index (χ1n) is 5.30. The summed E-state index contributed by atoms with van der Waals surface area (Å²) in [7, 11) is 1.75. The minimum atomic E-state index is -2.77. The van der Waals surface area contributed by atoms with Gasteiger partial charge in [0.2, 0.25) is 0 Å². The van der Waals surface area contributed by atoms with E-state index in [9.17, 15) is 8.78 Å². The van der Waals surface area contributed by atoms with E-state index in [1.54, 1.807) is 7.05 Å². The maximum Gasteiger partial charge on any atom is 0.288 e. The Bertz CT molecular complexity index is 251. The lowest BCUT2D eigenvalue weighted by atomic mass is 9.98. The zero-order valence-corrected chi connectivity index (χ0v) is 9.32. The smallest absolute Gasteiger partial charge is 0.288 e. The fourth-order valence-electron chi connectivity index (χ4n) is 1.96. The molecule has 0 aliphatic carbocycles. The van der Waals surface area contributed by atoms with E-state index in [1.807, 2.05) is 6.92 Å². The molecule has 3 N–H and O–H groups in total. The maximum atomic E-state index is 13.7. The monoisotopic (exact) mass is 219 g/mol. The van der Waals surface area contributed by atoms with Crippen LogP contribution in [0.15, 0.2) is 11.3 Å². The quantitative estimate of drug-likeness (QED) is 0.706. The van der Waals surface area contributed by atoms with E-state index in [2.05, 4.69) is 5.32 Å². The second-order valence-electron chi connectivity index (χ2n) is 3.84. The third-order valence-electron chi connectivity index (χ3n) is 2.68. The van der Waals surface area contributed by atoms with Crippen molar-refractivity contribution in [2.45, 2.75) is 32.1 Å². The van der Waals surface area contributed by atoms with Crippen molar-refractivity contribution in [2.24, 2.45) is 5.84 Å². The van der Waals surface area contributed by atoms with Crippen molar-refractivity contribution in [3.63, 3.8) is 0 Å². The van der Waals surface area contributed by atoms with E-state index in [4.69, 9.17) is 5.84 Å². The van der Waals surface area contributed by atoms with Crippen LogP contribution in [0.5, 0.6) is 0 Å². The second-order valence-corrected chi connectivity index (χ2v) is 3.84. The predicted molar refractivity (Wildman–Crippen MR) is 56.3 cm³/mol. The summed E-state index contributed by atoms with van der Waals surface area (Å²) in [6.45, 7) is 2.85. The Morgan fingerprint density at radius 2 is 2.27 bits per heavy atom. The van der Waals surface area contributed by atoms with Gasteiger partial charge in [-0.1, -0.05) is 6.92 Å². The Morgan fingerprint density at radius 3 is 2.73 bits per heavy atom. The van der Waals surface area contributed by atoms with Gasteiger partial charge in [0.05, 0.1) is 5.70 Å². The van der Waals surface area contributed by atoms with Crippen LogP contribution in [0.1, 0.15) is 26.2 Å². The number of hydrogen-bond donors (Lipinski definition) is 2. The van der Waals surface area contributed by atoms with Gasteiger partial charge in [-0.3, -0.25) is 0 Å². The van der Waals surface area contributed by atoms with Crippen molar-refractivity contribution in [3.05, 3.63) is 11.3 Å². The average molecular weight is 219 g/mol. The van der Waals surface area contributed by atoms with Crippen LogP contribution in [0.3, 0.4) is 0 Å². The van der Waals surface area contributed by atoms with Crippen molar-refractivity contribution >= 4 is 0 Å². The first-order chi connectivity index (χ1) is 7.03. The van der Waals surface area contributed by atoms with Crippen molar-refractivity contribution in [1.29, 1.82) is 0 Å². The lowest BCUT2D eigenvalue weighted by Gasteiger charge is -2.35. The highest BCUT2D eigenvalue weighted by Crippen LogP contribution is 2.36. The van der Waals surface area contributed by atoms with Crippen LogP contribution in [-0.4, -0.2) is 31.1 Å². The van der Waals surface area contributed by atoms with E-state index < -0.39 is 5.92 Å².